The fraction of sp³-hybridized carbons (Fsp3) is 0.600. The molecule has 118 valence electrons. The van der Waals surface area contributed by atoms with E-state index >= 15 is 0 Å². The Bertz CT molecular complexity index is 559. The van der Waals surface area contributed by atoms with Gasteiger partial charge < -0.3 is 5.73 Å². The molecule has 1 aromatic carbocycles. The minimum atomic E-state index is -3.27. The second-order valence-corrected chi connectivity index (χ2v) is 7.93. The SMILES string of the molecule is CC1CN(S(=O)(=O)Cc2ccc(CN)cc2)CC(C)N1C. The summed E-state index contributed by atoms with van der Waals surface area (Å²) in [4.78, 5) is 2.22. The molecule has 21 heavy (non-hydrogen) atoms. The molecule has 0 aliphatic carbocycles. The van der Waals surface area contributed by atoms with E-state index in [0.29, 0.717) is 19.6 Å². The molecule has 5 nitrogen and oxygen atoms in total. The van der Waals surface area contributed by atoms with Gasteiger partial charge in [-0.2, -0.15) is 4.31 Å². The lowest BCUT2D eigenvalue weighted by atomic mass is 10.1. The molecule has 2 rings (SSSR count). The average molecular weight is 311 g/mol. The van der Waals surface area contributed by atoms with Crippen LogP contribution in [0.5, 0.6) is 0 Å². The van der Waals surface area contributed by atoms with E-state index in [9.17, 15) is 8.42 Å². The molecule has 0 aromatic heterocycles. The number of hydrogen-bond donors (Lipinski definition) is 1. The number of likely N-dealkylation sites (N-methyl/N-ethyl adjacent to an activating group) is 1. The van der Waals surface area contributed by atoms with Crippen molar-refractivity contribution in [2.24, 2.45) is 5.73 Å². The largest absolute Gasteiger partial charge is 0.326 e. The third-order valence-electron chi connectivity index (χ3n) is 4.33. The van der Waals surface area contributed by atoms with Gasteiger partial charge in [-0.1, -0.05) is 24.3 Å². The lowest BCUT2D eigenvalue weighted by Crippen LogP contribution is -2.56. The predicted molar refractivity (Wildman–Crippen MR) is 85.2 cm³/mol. The Kier molecular flexibility index (Phi) is 5.03. The molecule has 1 heterocycles. The molecule has 0 spiro atoms. The van der Waals surface area contributed by atoms with Crippen molar-refractivity contribution in [3.8, 4) is 0 Å². The molecule has 1 aromatic rings. The fourth-order valence-corrected chi connectivity index (χ4v) is 4.34. The highest BCUT2D eigenvalue weighted by molar-refractivity contribution is 7.88. The van der Waals surface area contributed by atoms with E-state index in [2.05, 4.69) is 18.7 Å². The summed E-state index contributed by atoms with van der Waals surface area (Å²) in [7, 11) is -1.22. The summed E-state index contributed by atoms with van der Waals surface area (Å²) < 4.78 is 26.8. The molecule has 0 bridgehead atoms. The number of nitrogens with zero attached hydrogens (tertiary/aromatic N) is 2. The number of piperazine rings is 1. The summed E-state index contributed by atoms with van der Waals surface area (Å²) in [5, 5.41) is 0. The number of sulfonamides is 1. The van der Waals surface area contributed by atoms with Gasteiger partial charge in [-0.05, 0) is 32.0 Å². The highest BCUT2D eigenvalue weighted by Gasteiger charge is 2.33. The van der Waals surface area contributed by atoms with Crippen molar-refractivity contribution >= 4 is 10.0 Å². The minimum Gasteiger partial charge on any atom is -0.326 e. The van der Waals surface area contributed by atoms with Crippen molar-refractivity contribution in [1.82, 2.24) is 9.21 Å². The first-order valence-corrected chi connectivity index (χ1v) is 8.92. The molecular formula is C15H25N3O2S. The Balaban J connectivity index is 2.10. The van der Waals surface area contributed by atoms with Crippen LogP contribution in [-0.2, 0) is 22.3 Å². The van der Waals surface area contributed by atoms with Crippen LogP contribution in [0.1, 0.15) is 25.0 Å². The van der Waals surface area contributed by atoms with E-state index in [-0.39, 0.29) is 17.8 Å². The van der Waals surface area contributed by atoms with Crippen molar-refractivity contribution < 1.29 is 8.42 Å². The van der Waals surface area contributed by atoms with Gasteiger partial charge in [-0.25, -0.2) is 8.42 Å². The normalized spacial score (nSPS) is 25.1. The standard InChI is InChI=1S/C15H25N3O2S/c1-12-9-18(10-13(2)17(12)3)21(19,20)11-15-6-4-14(8-16)5-7-15/h4-7,12-13H,8-11,16H2,1-3H3. The van der Waals surface area contributed by atoms with E-state index in [1.807, 2.05) is 31.3 Å². The minimum absolute atomic E-state index is 0.0566. The molecule has 0 radical (unpaired) electrons. The molecule has 2 unspecified atom stereocenters. The molecular weight excluding hydrogens is 286 g/mol. The maximum absolute atomic E-state index is 12.6. The third-order valence-corrected chi connectivity index (χ3v) is 6.11. The molecule has 2 N–H and O–H groups in total. The van der Waals surface area contributed by atoms with Crippen molar-refractivity contribution in [3.63, 3.8) is 0 Å². The van der Waals surface area contributed by atoms with Gasteiger partial charge in [0.05, 0.1) is 5.75 Å². The van der Waals surface area contributed by atoms with Crippen LogP contribution in [0, 0.1) is 0 Å². The lowest BCUT2D eigenvalue weighted by Gasteiger charge is -2.41. The van der Waals surface area contributed by atoms with Crippen molar-refractivity contribution in [2.75, 3.05) is 20.1 Å². The average Bonchev–Trinajstić information content (AvgIpc) is 2.44. The summed E-state index contributed by atoms with van der Waals surface area (Å²) in [6.45, 7) is 5.72. The summed E-state index contributed by atoms with van der Waals surface area (Å²) in [6, 6.07) is 7.96. The van der Waals surface area contributed by atoms with Crippen LogP contribution in [0.3, 0.4) is 0 Å². The molecule has 2 atom stereocenters. The molecule has 1 fully saturated rings. The van der Waals surface area contributed by atoms with Gasteiger partial charge in [-0.15, -0.1) is 0 Å². The summed E-state index contributed by atoms with van der Waals surface area (Å²) in [5.74, 6) is 0.0566. The van der Waals surface area contributed by atoms with Gasteiger partial charge in [0.2, 0.25) is 10.0 Å². The summed E-state index contributed by atoms with van der Waals surface area (Å²) in [6.07, 6.45) is 0. The molecule has 0 saturated carbocycles. The van der Waals surface area contributed by atoms with E-state index < -0.39 is 10.0 Å². The predicted octanol–water partition coefficient (Wildman–Crippen LogP) is 1.000. The number of nitrogens with two attached hydrogens (primary N) is 1. The monoisotopic (exact) mass is 311 g/mol. The zero-order valence-electron chi connectivity index (χ0n) is 13.0. The van der Waals surface area contributed by atoms with Crippen LogP contribution in [0.25, 0.3) is 0 Å². The number of rotatable bonds is 4. The maximum Gasteiger partial charge on any atom is 0.218 e. The highest BCUT2D eigenvalue weighted by atomic mass is 32.2. The quantitative estimate of drug-likeness (QED) is 0.901. The van der Waals surface area contributed by atoms with Gasteiger partial charge in [0.25, 0.3) is 0 Å². The Morgan fingerprint density at radius 3 is 2.05 bits per heavy atom. The zero-order valence-corrected chi connectivity index (χ0v) is 13.8. The zero-order chi connectivity index (χ0) is 15.6. The van der Waals surface area contributed by atoms with Crippen LogP contribution >= 0.6 is 0 Å². The van der Waals surface area contributed by atoms with Gasteiger partial charge in [0.1, 0.15) is 0 Å². The van der Waals surface area contributed by atoms with Gasteiger partial charge in [0.15, 0.2) is 0 Å². The van der Waals surface area contributed by atoms with Gasteiger partial charge in [-0.3, -0.25) is 4.90 Å². The molecule has 1 aliphatic rings. The first-order chi connectivity index (χ1) is 9.83. The Labute approximate surface area is 127 Å². The van der Waals surface area contributed by atoms with Crippen LogP contribution in [0.15, 0.2) is 24.3 Å². The Hall–Kier alpha value is -0.950. The van der Waals surface area contributed by atoms with E-state index in [1.54, 1.807) is 4.31 Å². The second kappa shape index (κ2) is 6.44. The van der Waals surface area contributed by atoms with Crippen LogP contribution in [0.2, 0.25) is 0 Å². The topological polar surface area (TPSA) is 66.6 Å². The molecule has 6 heteroatoms. The Morgan fingerprint density at radius 1 is 1.10 bits per heavy atom. The first-order valence-electron chi connectivity index (χ1n) is 7.31. The summed E-state index contributed by atoms with van der Waals surface area (Å²) >= 11 is 0. The Morgan fingerprint density at radius 2 is 1.57 bits per heavy atom. The molecule has 1 saturated heterocycles. The highest BCUT2D eigenvalue weighted by Crippen LogP contribution is 2.19. The van der Waals surface area contributed by atoms with Crippen molar-refractivity contribution in [2.45, 2.75) is 38.2 Å². The van der Waals surface area contributed by atoms with Crippen molar-refractivity contribution in [3.05, 3.63) is 35.4 Å². The van der Waals surface area contributed by atoms with Gasteiger partial charge >= 0.3 is 0 Å². The van der Waals surface area contributed by atoms with E-state index in [0.717, 1.165) is 11.1 Å². The maximum atomic E-state index is 12.6. The van der Waals surface area contributed by atoms with Crippen molar-refractivity contribution in [1.29, 1.82) is 0 Å². The van der Waals surface area contributed by atoms with Crippen LogP contribution < -0.4 is 5.73 Å². The number of hydrogen-bond acceptors (Lipinski definition) is 4. The lowest BCUT2D eigenvalue weighted by molar-refractivity contribution is 0.105. The van der Waals surface area contributed by atoms with Crippen LogP contribution in [-0.4, -0.2) is 49.8 Å². The smallest absolute Gasteiger partial charge is 0.218 e. The molecule has 0 amide bonds. The van der Waals surface area contributed by atoms with E-state index in [1.165, 1.54) is 0 Å². The number of benzene rings is 1. The second-order valence-electron chi connectivity index (χ2n) is 5.96. The van der Waals surface area contributed by atoms with Gasteiger partial charge in [0, 0.05) is 31.7 Å². The summed E-state index contributed by atoms with van der Waals surface area (Å²) in [5.41, 5.74) is 7.38. The first kappa shape index (κ1) is 16.4. The van der Waals surface area contributed by atoms with E-state index in [4.69, 9.17) is 5.73 Å². The molecule has 1 aliphatic heterocycles. The third kappa shape index (κ3) is 3.83. The van der Waals surface area contributed by atoms with Crippen LogP contribution in [0.4, 0.5) is 0 Å². The fourth-order valence-electron chi connectivity index (χ4n) is 2.66.